The first kappa shape index (κ1) is 12.8. The summed E-state index contributed by atoms with van der Waals surface area (Å²) < 4.78 is 0. The fourth-order valence-corrected chi connectivity index (χ4v) is 1.98. The molecule has 18 heavy (non-hydrogen) atoms. The molecule has 0 aliphatic carbocycles. The lowest BCUT2D eigenvalue weighted by Crippen LogP contribution is -2.53. The van der Waals surface area contributed by atoms with Crippen molar-refractivity contribution in [3.63, 3.8) is 0 Å². The minimum Gasteiger partial charge on any atom is -0.390 e. The van der Waals surface area contributed by atoms with Gasteiger partial charge < -0.3 is 10.4 Å². The topological polar surface area (TPSA) is 76.4 Å². The van der Waals surface area contributed by atoms with Gasteiger partial charge in [-0.3, -0.25) is 9.69 Å². The highest BCUT2D eigenvalue weighted by Crippen LogP contribution is 2.20. The predicted octanol–water partition coefficient (Wildman–Crippen LogP) is 0.827. The van der Waals surface area contributed by atoms with Gasteiger partial charge in [-0.2, -0.15) is 5.26 Å². The lowest BCUT2D eigenvalue weighted by atomic mass is 10.2. The van der Waals surface area contributed by atoms with E-state index in [0.717, 1.165) is 0 Å². The Balaban J connectivity index is 1.91. The van der Waals surface area contributed by atoms with E-state index in [1.54, 1.807) is 18.2 Å². The number of nitriles is 1. The van der Waals surface area contributed by atoms with Gasteiger partial charge in [-0.1, -0.05) is 11.6 Å². The lowest BCUT2D eigenvalue weighted by Gasteiger charge is -2.34. The SMILES string of the molecule is N#Cc1ccc(NC(=O)CN2CC(O)C2)cc1Cl. The van der Waals surface area contributed by atoms with Gasteiger partial charge in [-0.25, -0.2) is 0 Å². The molecule has 0 spiro atoms. The highest BCUT2D eigenvalue weighted by molar-refractivity contribution is 6.32. The molecule has 1 fully saturated rings. The van der Waals surface area contributed by atoms with Crippen LogP contribution in [0.5, 0.6) is 0 Å². The van der Waals surface area contributed by atoms with E-state index in [2.05, 4.69) is 5.32 Å². The van der Waals surface area contributed by atoms with Crippen LogP contribution in [0.4, 0.5) is 5.69 Å². The predicted molar refractivity (Wildman–Crippen MR) is 67.2 cm³/mol. The summed E-state index contributed by atoms with van der Waals surface area (Å²) in [6.07, 6.45) is -0.317. The number of halogens is 1. The van der Waals surface area contributed by atoms with E-state index < -0.39 is 0 Å². The summed E-state index contributed by atoms with van der Waals surface area (Å²) in [6, 6.07) is 6.69. The Morgan fingerprint density at radius 3 is 2.89 bits per heavy atom. The van der Waals surface area contributed by atoms with E-state index in [1.165, 1.54) is 0 Å². The highest BCUT2D eigenvalue weighted by Gasteiger charge is 2.25. The molecule has 0 bridgehead atoms. The molecule has 0 radical (unpaired) electrons. The molecule has 0 aromatic heterocycles. The molecule has 1 heterocycles. The number of nitrogens with one attached hydrogen (secondary N) is 1. The number of β-amino-alcohol motifs (C(OH)–C–C–N with tert-alkyl or cyclic N) is 1. The van der Waals surface area contributed by atoms with Gasteiger partial charge in [0, 0.05) is 18.8 Å². The first-order valence-electron chi connectivity index (χ1n) is 5.48. The average molecular weight is 266 g/mol. The maximum Gasteiger partial charge on any atom is 0.238 e. The number of aliphatic hydroxyl groups is 1. The zero-order valence-electron chi connectivity index (χ0n) is 9.56. The Hall–Kier alpha value is -1.61. The Kier molecular flexibility index (Phi) is 3.82. The number of carbonyl (C=O) groups is 1. The number of hydrogen-bond donors (Lipinski definition) is 2. The molecule has 2 N–H and O–H groups in total. The monoisotopic (exact) mass is 265 g/mol. The standard InChI is InChI=1S/C12H12ClN3O2/c13-11-3-9(2-1-8(11)4-14)15-12(18)7-16-5-10(17)6-16/h1-3,10,17H,5-7H2,(H,15,18). The molecule has 0 saturated carbocycles. The molecular formula is C12H12ClN3O2. The molecule has 1 aliphatic heterocycles. The summed E-state index contributed by atoms with van der Waals surface area (Å²) in [7, 11) is 0. The molecule has 94 valence electrons. The summed E-state index contributed by atoms with van der Waals surface area (Å²) in [5.41, 5.74) is 0.936. The molecule has 6 heteroatoms. The molecule has 1 saturated heterocycles. The number of anilines is 1. The Bertz CT molecular complexity index is 507. The van der Waals surface area contributed by atoms with E-state index in [-0.39, 0.29) is 18.6 Å². The van der Waals surface area contributed by atoms with Gasteiger partial charge in [0.2, 0.25) is 5.91 Å². The van der Waals surface area contributed by atoms with E-state index >= 15 is 0 Å². The molecule has 2 rings (SSSR count). The quantitative estimate of drug-likeness (QED) is 0.849. The number of hydrogen-bond acceptors (Lipinski definition) is 4. The molecule has 0 atom stereocenters. The van der Waals surface area contributed by atoms with Gasteiger partial charge in [0.05, 0.1) is 23.2 Å². The zero-order valence-corrected chi connectivity index (χ0v) is 10.3. The van der Waals surface area contributed by atoms with Crippen LogP contribution in [0.3, 0.4) is 0 Å². The Morgan fingerprint density at radius 1 is 1.61 bits per heavy atom. The summed E-state index contributed by atoms with van der Waals surface area (Å²) in [4.78, 5) is 13.5. The number of likely N-dealkylation sites (tertiary alicyclic amines) is 1. The van der Waals surface area contributed by atoms with E-state index in [4.69, 9.17) is 22.0 Å². The minimum absolute atomic E-state index is 0.164. The van der Waals surface area contributed by atoms with Crippen LogP contribution in [0.2, 0.25) is 5.02 Å². The third kappa shape index (κ3) is 2.99. The molecule has 1 aromatic carbocycles. The van der Waals surface area contributed by atoms with Gasteiger partial charge in [0.1, 0.15) is 6.07 Å². The van der Waals surface area contributed by atoms with Crippen molar-refractivity contribution in [1.82, 2.24) is 4.90 Å². The number of rotatable bonds is 3. The number of aliphatic hydroxyl groups excluding tert-OH is 1. The van der Waals surface area contributed by atoms with Crippen molar-refractivity contribution in [2.75, 3.05) is 25.0 Å². The van der Waals surface area contributed by atoms with Crippen molar-refractivity contribution in [2.45, 2.75) is 6.10 Å². The molecule has 1 aromatic rings. The van der Waals surface area contributed by atoms with Crippen LogP contribution in [-0.2, 0) is 4.79 Å². The molecule has 1 aliphatic rings. The summed E-state index contributed by atoms with van der Waals surface area (Å²) in [5.74, 6) is -0.164. The van der Waals surface area contributed by atoms with Crippen LogP contribution in [0.25, 0.3) is 0 Å². The van der Waals surface area contributed by atoms with Gasteiger partial charge >= 0.3 is 0 Å². The van der Waals surface area contributed by atoms with Crippen molar-refractivity contribution in [2.24, 2.45) is 0 Å². The number of benzene rings is 1. The number of amides is 1. The number of nitrogens with zero attached hydrogens (tertiary/aromatic N) is 2. The molecule has 5 nitrogen and oxygen atoms in total. The van der Waals surface area contributed by atoms with Crippen molar-refractivity contribution >= 4 is 23.2 Å². The average Bonchev–Trinajstić information content (AvgIpc) is 2.27. The third-order valence-electron chi connectivity index (χ3n) is 2.68. The molecular weight excluding hydrogens is 254 g/mol. The third-order valence-corrected chi connectivity index (χ3v) is 2.99. The van der Waals surface area contributed by atoms with Crippen molar-refractivity contribution in [3.05, 3.63) is 28.8 Å². The maximum atomic E-state index is 11.6. The van der Waals surface area contributed by atoms with Gasteiger partial charge in [0.15, 0.2) is 0 Å². The highest BCUT2D eigenvalue weighted by atomic mass is 35.5. The van der Waals surface area contributed by atoms with Crippen LogP contribution in [0.15, 0.2) is 18.2 Å². The van der Waals surface area contributed by atoms with Crippen LogP contribution >= 0.6 is 11.6 Å². The maximum absolute atomic E-state index is 11.6. The lowest BCUT2D eigenvalue weighted by molar-refractivity contribution is -0.119. The fourth-order valence-electron chi connectivity index (χ4n) is 1.76. The zero-order chi connectivity index (χ0) is 13.1. The van der Waals surface area contributed by atoms with Gasteiger partial charge in [-0.05, 0) is 18.2 Å². The second-order valence-corrected chi connectivity index (χ2v) is 4.61. The largest absolute Gasteiger partial charge is 0.390 e. The van der Waals surface area contributed by atoms with Gasteiger partial charge in [-0.15, -0.1) is 0 Å². The minimum atomic E-state index is -0.317. The van der Waals surface area contributed by atoms with Crippen LogP contribution in [0, 0.1) is 11.3 Å². The van der Waals surface area contributed by atoms with E-state index in [1.807, 2.05) is 11.0 Å². The van der Waals surface area contributed by atoms with Crippen LogP contribution in [-0.4, -0.2) is 41.7 Å². The fraction of sp³-hybridized carbons (Fsp3) is 0.333. The Morgan fingerprint density at radius 2 is 2.33 bits per heavy atom. The second kappa shape index (κ2) is 5.36. The van der Waals surface area contributed by atoms with Crippen LogP contribution < -0.4 is 5.32 Å². The first-order chi connectivity index (χ1) is 8.58. The van der Waals surface area contributed by atoms with Crippen molar-refractivity contribution in [1.29, 1.82) is 5.26 Å². The van der Waals surface area contributed by atoms with Crippen molar-refractivity contribution < 1.29 is 9.90 Å². The van der Waals surface area contributed by atoms with E-state index in [0.29, 0.717) is 29.4 Å². The van der Waals surface area contributed by atoms with Crippen molar-refractivity contribution in [3.8, 4) is 6.07 Å². The number of carbonyl (C=O) groups excluding carboxylic acids is 1. The summed E-state index contributed by atoms with van der Waals surface area (Å²) in [6.45, 7) is 1.30. The molecule has 0 unspecified atom stereocenters. The summed E-state index contributed by atoms with van der Waals surface area (Å²) >= 11 is 5.86. The molecule has 1 amide bonds. The Labute approximate surface area is 110 Å². The smallest absolute Gasteiger partial charge is 0.238 e. The normalized spacial score (nSPS) is 15.8. The van der Waals surface area contributed by atoms with Gasteiger partial charge in [0.25, 0.3) is 0 Å². The van der Waals surface area contributed by atoms with E-state index in [9.17, 15) is 4.79 Å². The summed E-state index contributed by atoms with van der Waals surface area (Å²) in [5, 5.41) is 20.8. The first-order valence-corrected chi connectivity index (χ1v) is 5.86. The van der Waals surface area contributed by atoms with Crippen LogP contribution in [0.1, 0.15) is 5.56 Å². The second-order valence-electron chi connectivity index (χ2n) is 4.20.